The molecule has 0 bridgehead atoms. The Hall–Kier alpha value is -2.48. The zero-order valence-electron chi connectivity index (χ0n) is 13.5. The molecule has 0 aliphatic carbocycles. The monoisotopic (exact) mass is 358 g/mol. The van der Waals surface area contributed by atoms with Crippen LogP contribution < -0.4 is 15.8 Å². The van der Waals surface area contributed by atoms with E-state index in [1.807, 2.05) is 5.32 Å². The van der Waals surface area contributed by atoms with E-state index in [1.54, 1.807) is 20.8 Å². The predicted molar refractivity (Wildman–Crippen MR) is 86.1 cm³/mol. The van der Waals surface area contributed by atoms with Crippen molar-refractivity contribution in [2.75, 3.05) is 6.61 Å². The number of carbonyl (C=O) groups is 3. The van der Waals surface area contributed by atoms with Gasteiger partial charge in [-0.05, 0) is 25.0 Å². The van der Waals surface area contributed by atoms with Crippen molar-refractivity contribution < 1.29 is 29.0 Å². The number of imide groups is 1. The van der Waals surface area contributed by atoms with Crippen LogP contribution in [0.3, 0.4) is 0 Å². The lowest BCUT2D eigenvalue weighted by Crippen LogP contribution is -2.45. The predicted octanol–water partition coefficient (Wildman–Crippen LogP) is 1.82. The van der Waals surface area contributed by atoms with E-state index in [9.17, 15) is 19.5 Å². The Kier molecular flexibility index (Phi) is 6.84. The molecule has 4 N–H and O–H groups in total. The number of hydrogen-bond acceptors (Lipinski definition) is 6. The summed E-state index contributed by atoms with van der Waals surface area (Å²) in [6.07, 6.45) is -1.23. The quantitative estimate of drug-likeness (QED) is 0.665. The molecule has 9 heteroatoms. The van der Waals surface area contributed by atoms with Gasteiger partial charge in [-0.2, -0.15) is 0 Å². The third kappa shape index (κ3) is 5.02. The number of aromatic hydroxyl groups is 1. The zero-order valence-corrected chi connectivity index (χ0v) is 14.2. The number of carbonyl (C=O) groups excluding carboxylic acids is 3. The molecule has 1 aromatic rings. The summed E-state index contributed by atoms with van der Waals surface area (Å²) in [4.78, 5) is 34.9. The fraction of sp³-hybridized carbons (Fsp3) is 0.400. The summed E-state index contributed by atoms with van der Waals surface area (Å²) in [6, 6.07) is 1.38. The van der Waals surface area contributed by atoms with E-state index in [0.717, 1.165) is 0 Å². The van der Waals surface area contributed by atoms with Crippen LogP contribution >= 0.6 is 11.6 Å². The van der Waals surface area contributed by atoms with Crippen LogP contribution in [0.2, 0.25) is 5.02 Å². The molecule has 0 saturated carbocycles. The maximum Gasteiger partial charge on any atom is 0.339 e. The van der Waals surface area contributed by atoms with E-state index in [0.29, 0.717) is 0 Å². The number of nitrogens with one attached hydrogen (secondary N) is 1. The Morgan fingerprint density at radius 2 is 1.96 bits per heavy atom. The van der Waals surface area contributed by atoms with Crippen LogP contribution in [0.1, 0.15) is 31.1 Å². The number of benzene rings is 1. The van der Waals surface area contributed by atoms with Crippen molar-refractivity contribution >= 4 is 29.5 Å². The van der Waals surface area contributed by atoms with Gasteiger partial charge in [0, 0.05) is 0 Å². The van der Waals surface area contributed by atoms with E-state index in [1.165, 1.54) is 12.1 Å². The Labute approximate surface area is 143 Å². The summed E-state index contributed by atoms with van der Waals surface area (Å²) in [6.45, 7) is 5.21. The van der Waals surface area contributed by atoms with Crippen LogP contribution in [0, 0.1) is 5.92 Å². The van der Waals surface area contributed by atoms with Gasteiger partial charge in [-0.15, -0.1) is 0 Å². The molecule has 0 fully saturated rings. The summed E-state index contributed by atoms with van der Waals surface area (Å²) in [5.41, 5.74) is 4.87. The fourth-order valence-electron chi connectivity index (χ4n) is 1.83. The van der Waals surface area contributed by atoms with Gasteiger partial charge in [0.2, 0.25) is 0 Å². The summed E-state index contributed by atoms with van der Waals surface area (Å²) < 4.78 is 10.3. The van der Waals surface area contributed by atoms with Crippen LogP contribution in [-0.2, 0) is 9.53 Å². The smallest absolute Gasteiger partial charge is 0.339 e. The first-order chi connectivity index (χ1) is 11.2. The summed E-state index contributed by atoms with van der Waals surface area (Å²) in [5, 5.41) is 11.5. The molecule has 0 heterocycles. The van der Waals surface area contributed by atoms with Gasteiger partial charge >= 0.3 is 12.0 Å². The highest BCUT2D eigenvalue weighted by Gasteiger charge is 2.28. The number of primary amides is 1. The molecule has 0 radical (unpaired) electrons. The Bertz CT molecular complexity index is 647. The van der Waals surface area contributed by atoms with Crippen LogP contribution in [0.5, 0.6) is 11.5 Å². The largest absolute Gasteiger partial charge is 0.503 e. The third-order valence-electron chi connectivity index (χ3n) is 2.91. The Morgan fingerprint density at radius 3 is 2.46 bits per heavy atom. The first kappa shape index (κ1) is 19.6. The molecule has 0 aromatic heterocycles. The number of ether oxygens (including phenoxy) is 2. The molecule has 1 rings (SSSR count). The minimum atomic E-state index is -1.23. The second-order valence-electron chi connectivity index (χ2n) is 5.16. The number of rotatable bonds is 6. The number of amides is 3. The highest BCUT2D eigenvalue weighted by atomic mass is 35.5. The van der Waals surface area contributed by atoms with Crippen molar-refractivity contribution in [2.45, 2.75) is 26.9 Å². The average Bonchev–Trinajstić information content (AvgIpc) is 2.47. The Balaban J connectivity index is 3.03. The van der Waals surface area contributed by atoms with Crippen molar-refractivity contribution in [2.24, 2.45) is 11.7 Å². The van der Waals surface area contributed by atoms with E-state index >= 15 is 0 Å². The van der Waals surface area contributed by atoms with Crippen LogP contribution in [0.15, 0.2) is 12.1 Å². The van der Waals surface area contributed by atoms with Crippen LogP contribution in [-0.4, -0.2) is 35.7 Å². The molecule has 3 amide bonds. The summed E-state index contributed by atoms with van der Waals surface area (Å²) in [5.74, 6) is -2.40. The standard InChI is InChI=1S/C15H19ClN2O6/c1-4-23-10-6-8(5-9(16)11(10)19)14(21)24-12(7(2)3)13(20)18-15(17)22/h5-7,12,19H,4H2,1-3H3,(H3,17,18,20,22)/t12-/m1/s1. The lowest BCUT2D eigenvalue weighted by molar-refractivity contribution is -0.130. The molecule has 0 aliphatic heterocycles. The first-order valence-electron chi connectivity index (χ1n) is 7.13. The minimum Gasteiger partial charge on any atom is -0.503 e. The molecule has 1 aromatic carbocycles. The lowest BCUT2D eigenvalue weighted by atomic mass is 10.1. The van der Waals surface area contributed by atoms with Gasteiger partial charge in [-0.1, -0.05) is 25.4 Å². The van der Waals surface area contributed by atoms with Crippen molar-refractivity contribution in [3.8, 4) is 11.5 Å². The maximum atomic E-state index is 12.3. The van der Waals surface area contributed by atoms with Crippen molar-refractivity contribution in [3.05, 3.63) is 22.7 Å². The SMILES string of the molecule is CCOc1cc(C(=O)O[C@@H](C(=O)NC(N)=O)C(C)C)cc(Cl)c1O. The number of phenolic OH excluding ortho intramolecular Hbond substituents is 1. The highest BCUT2D eigenvalue weighted by Crippen LogP contribution is 2.35. The maximum absolute atomic E-state index is 12.3. The average molecular weight is 359 g/mol. The summed E-state index contributed by atoms with van der Waals surface area (Å²) >= 11 is 5.85. The first-order valence-corrected chi connectivity index (χ1v) is 7.51. The van der Waals surface area contributed by atoms with Gasteiger partial charge in [-0.25, -0.2) is 9.59 Å². The van der Waals surface area contributed by atoms with Gasteiger partial charge in [0.1, 0.15) is 0 Å². The van der Waals surface area contributed by atoms with E-state index < -0.39 is 29.9 Å². The minimum absolute atomic E-state index is 0.0136. The zero-order chi connectivity index (χ0) is 18.4. The third-order valence-corrected chi connectivity index (χ3v) is 3.20. The van der Waals surface area contributed by atoms with Gasteiger partial charge in [-0.3, -0.25) is 10.1 Å². The topological polar surface area (TPSA) is 128 Å². The highest BCUT2D eigenvalue weighted by molar-refractivity contribution is 6.32. The number of urea groups is 1. The molecular formula is C15H19ClN2O6. The van der Waals surface area contributed by atoms with E-state index in [4.69, 9.17) is 26.8 Å². The van der Waals surface area contributed by atoms with Gasteiger partial charge in [0.25, 0.3) is 5.91 Å². The second kappa shape index (κ2) is 8.39. The normalized spacial score (nSPS) is 11.7. The van der Waals surface area contributed by atoms with Gasteiger partial charge in [0.05, 0.1) is 17.2 Å². The van der Waals surface area contributed by atoms with Crippen molar-refractivity contribution in [1.29, 1.82) is 0 Å². The summed E-state index contributed by atoms with van der Waals surface area (Å²) in [7, 11) is 0. The molecule has 132 valence electrons. The van der Waals surface area contributed by atoms with Gasteiger partial charge in [0.15, 0.2) is 17.6 Å². The van der Waals surface area contributed by atoms with E-state index in [-0.39, 0.29) is 28.7 Å². The number of hydrogen-bond donors (Lipinski definition) is 3. The number of phenols is 1. The van der Waals surface area contributed by atoms with Crippen LogP contribution in [0.4, 0.5) is 4.79 Å². The van der Waals surface area contributed by atoms with Crippen molar-refractivity contribution in [3.63, 3.8) is 0 Å². The van der Waals surface area contributed by atoms with Crippen LogP contribution in [0.25, 0.3) is 0 Å². The molecule has 0 unspecified atom stereocenters. The van der Waals surface area contributed by atoms with E-state index in [2.05, 4.69) is 0 Å². The van der Waals surface area contributed by atoms with Crippen molar-refractivity contribution in [1.82, 2.24) is 5.32 Å². The molecule has 8 nitrogen and oxygen atoms in total. The second-order valence-corrected chi connectivity index (χ2v) is 5.57. The fourth-order valence-corrected chi connectivity index (χ4v) is 2.04. The number of nitrogens with two attached hydrogens (primary N) is 1. The number of halogens is 1. The molecule has 0 spiro atoms. The van der Waals surface area contributed by atoms with Gasteiger partial charge < -0.3 is 20.3 Å². The number of esters is 1. The molecule has 0 saturated heterocycles. The molecular weight excluding hydrogens is 340 g/mol. The molecule has 24 heavy (non-hydrogen) atoms. The molecule has 1 atom stereocenters. The Morgan fingerprint density at radius 1 is 1.33 bits per heavy atom. The lowest BCUT2D eigenvalue weighted by Gasteiger charge is -2.20. The molecule has 0 aliphatic rings.